The van der Waals surface area contributed by atoms with Crippen LogP contribution in [-0.2, 0) is 23.1 Å². The van der Waals surface area contributed by atoms with E-state index >= 15 is 0 Å². The maximum absolute atomic E-state index is 11.2. The predicted molar refractivity (Wildman–Crippen MR) is 89.6 cm³/mol. The van der Waals surface area contributed by atoms with Crippen LogP contribution in [0.3, 0.4) is 0 Å². The van der Waals surface area contributed by atoms with Gasteiger partial charge in [0.05, 0.1) is 6.26 Å². The Hall–Kier alpha value is -1.37. The molecule has 0 heterocycles. The third kappa shape index (κ3) is 5.87. The minimum Gasteiger partial charge on any atom is -0.309 e. The summed E-state index contributed by atoms with van der Waals surface area (Å²) in [6.45, 7) is 1.44. The summed E-state index contributed by atoms with van der Waals surface area (Å²) in [5.74, 6) is 0. The summed E-state index contributed by atoms with van der Waals surface area (Å²) >= 11 is 3.41. The number of halogens is 1. The fourth-order valence-corrected chi connectivity index (χ4v) is 2.73. The van der Waals surface area contributed by atoms with Crippen molar-refractivity contribution < 1.29 is 8.42 Å². The first kappa shape index (κ1) is 16.0. The molecule has 4 nitrogen and oxygen atoms in total. The lowest BCUT2D eigenvalue weighted by atomic mass is 10.2. The van der Waals surface area contributed by atoms with Crippen molar-refractivity contribution in [1.29, 1.82) is 0 Å². The first-order valence-electron chi connectivity index (χ1n) is 6.44. The van der Waals surface area contributed by atoms with Crippen LogP contribution in [0.15, 0.2) is 53.0 Å². The number of sulfonamides is 1. The first-order chi connectivity index (χ1) is 9.92. The SMILES string of the molecule is CS(=O)(=O)Nc1cccc(CNCc2ccc(Br)cc2)c1. The van der Waals surface area contributed by atoms with Gasteiger partial charge < -0.3 is 5.32 Å². The third-order valence-corrected chi connectivity index (χ3v) is 3.94. The summed E-state index contributed by atoms with van der Waals surface area (Å²) in [4.78, 5) is 0. The monoisotopic (exact) mass is 368 g/mol. The second kappa shape index (κ2) is 7.06. The van der Waals surface area contributed by atoms with Gasteiger partial charge in [-0.1, -0.05) is 40.2 Å². The van der Waals surface area contributed by atoms with E-state index in [0.29, 0.717) is 12.2 Å². The van der Waals surface area contributed by atoms with Gasteiger partial charge in [-0.25, -0.2) is 8.42 Å². The van der Waals surface area contributed by atoms with Crippen molar-refractivity contribution in [3.63, 3.8) is 0 Å². The number of nitrogens with one attached hydrogen (secondary N) is 2. The average molecular weight is 369 g/mol. The van der Waals surface area contributed by atoms with Gasteiger partial charge in [0, 0.05) is 23.2 Å². The summed E-state index contributed by atoms with van der Waals surface area (Å²) in [5.41, 5.74) is 2.81. The maximum Gasteiger partial charge on any atom is 0.229 e. The molecule has 112 valence electrons. The molecule has 0 amide bonds. The second-order valence-electron chi connectivity index (χ2n) is 4.80. The minimum absolute atomic E-state index is 0.584. The highest BCUT2D eigenvalue weighted by atomic mass is 79.9. The highest BCUT2D eigenvalue weighted by Gasteiger charge is 2.02. The average Bonchev–Trinajstić information content (AvgIpc) is 2.39. The van der Waals surface area contributed by atoms with Gasteiger partial charge in [0.1, 0.15) is 0 Å². The predicted octanol–water partition coefficient (Wildman–Crippen LogP) is 3.11. The lowest BCUT2D eigenvalue weighted by molar-refractivity contribution is 0.607. The van der Waals surface area contributed by atoms with Crippen LogP contribution in [-0.4, -0.2) is 14.7 Å². The lowest BCUT2D eigenvalue weighted by Crippen LogP contribution is -2.13. The molecule has 0 unspecified atom stereocenters. The molecule has 2 aromatic carbocycles. The van der Waals surface area contributed by atoms with Crippen molar-refractivity contribution in [2.24, 2.45) is 0 Å². The molecule has 0 aliphatic rings. The van der Waals surface area contributed by atoms with Crippen LogP contribution >= 0.6 is 15.9 Å². The van der Waals surface area contributed by atoms with Gasteiger partial charge in [-0.3, -0.25) is 4.72 Å². The molecule has 0 radical (unpaired) electrons. The summed E-state index contributed by atoms with van der Waals surface area (Å²) in [7, 11) is -3.24. The molecular weight excluding hydrogens is 352 g/mol. The van der Waals surface area contributed by atoms with Crippen LogP contribution < -0.4 is 10.0 Å². The standard InChI is InChI=1S/C15H17BrN2O2S/c1-21(19,20)18-15-4-2-3-13(9-15)11-17-10-12-5-7-14(16)8-6-12/h2-9,17-18H,10-11H2,1H3. The fraction of sp³-hybridized carbons (Fsp3) is 0.200. The number of rotatable bonds is 6. The van der Waals surface area contributed by atoms with E-state index in [-0.39, 0.29) is 0 Å². The third-order valence-electron chi connectivity index (χ3n) is 2.80. The Bertz CT molecular complexity index is 700. The second-order valence-corrected chi connectivity index (χ2v) is 7.47. The molecule has 0 atom stereocenters. The summed E-state index contributed by atoms with van der Waals surface area (Å²) in [6.07, 6.45) is 1.14. The molecule has 6 heteroatoms. The van der Waals surface area contributed by atoms with Gasteiger partial charge in [0.25, 0.3) is 0 Å². The summed E-state index contributed by atoms with van der Waals surface area (Å²) in [5, 5.41) is 3.33. The van der Waals surface area contributed by atoms with Crippen LogP contribution in [0.25, 0.3) is 0 Å². The van der Waals surface area contributed by atoms with Gasteiger partial charge in [0.2, 0.25) is 10.0 Å². The molecule has 2 rings (SSSR count). The Morgan fingerprint density at radius 3 is 2.33 bits per heavy atom. The van der Waals surface area contributed by atoms with E-state index < -0.39 is 10.0 Å². The van der Waals surface area contributed by atoms with Gasteiger partial charge in [-0.15, -0.1) is 0 Å². The van der Waals surface area contributed by atoms with Crippen molar-refractivity contribution >= 4 is 31.6 Å². The fourth-order valence-electron chi connectivity index (χ4n) is 1.91. The van der Waals surface area contributed by atoms with E-state index in [9.17, 15) is 8.42 Å². The van der Waals surface area contributed by atoms with Crippen molar-refractivity contribution in [3.05, 3.63) is 64.1 Å². The van der Waals surface area contributed by atoms with E-state index in [4.69, 9.17) is 0 Å². The van der Waals surface area contributed by atoms with Gasteiger partial charge in [0.15, 0.2) is 0 Å². The Labute approximate surface area is 133 Å². The minimum atomic E-state index is -3.24. The van der Waals surface area contributed by atoms with Gasteiger partial charge in [-0.05, 0) is 35.4 Å². The molecule has 0 fully saturated rings. The van der Waals surface area contributed by atoms with Crippen LogP contribution in [0.5, 0.6) is 0 Å². The molecule has 0 aliphatic heterocycles. The molecule has 0 spiro atoms. The van der Waals surface area contributed by atoms with Gasteiger partial charge in [-0.2, -0.15) is 0 Å². The zero-order valence-electron chi connectivity index (χ0n) is 11.6. The van der Waals surface area contributed by atoms with Crippen LogP contribution in [0.4, 0.5) is 5.69 Å². The van der Waals surface area contributed by atoms with E-state index in [1.807, 2.05) is 30.3 Å². The lowest BCUT2D eigenvalue weighted by Gasteiger charge is -2.08. The number of benzene rings is 2. The Morgan fingerprint density at radius 1 is 1.00 bits per heavy atom. The zero-order chi connectivity index (χ0) is 15.3. The largest absolute Gasteiger partial charge is 0.309 e. The molecule has 0 saturated carbocycles. The number of hydrogen-bond donors (Lipinski definition) is 2. The van der Waals surface area contributed by atoms with E-state index in [1.54, 1.807) is 6.07 Å². The number of hydrogen-bond acceptors (Lipinski definition) is 3. The normalized spacial score (nSPS) is 11.3. The molecule has 0 aromatic heterocycles. The van der Waals surface area contributed by atoms with Crippen molar-refractivity contribution in [3.8, 4) is 0 Å². The Morgan fingerprint density at radius 2 is 1.67 bits per heavy atom. The molecule has 2 aromatic rings. The number of anilines is 1. The van der Waals surface area contributed by atoms with Crippen molar-refractivity contribution in [1.82, 2.24) is 5.32 Å². The van der Waals surface area contributed by atoms with Crippen molar-refractivity contribution in [2.75, 3.05) is 11.0 Å². The first-order valence-corrected chi connectivity index (χ1v) is 9.13. The van der Waals surface area contributed by atoms with E-state index in [2.05, 4.69) is 38.1 Å². The van der Waals surface area contributed by atoms with E-state index in [0.717, 1.165) is 22.8 Å². The van der Waals surface area contributed by atoms with Crippen LogP contribution in [0.1, 0.15) is 11.1 Å². The molecule has 0 bridgehead atoms. The molecule has 21 heavy (non-hydrogen) atoms. The summed E-state index contributed by atoms with van der Waals surface area (Å²) in [6, 6.07) is 15.5. The molecule has 0 saturated heterocycles. The molecule has 0 aliphatic carbocycles. The maximum atomic E-state index is 11.2. The summed E-state index contributed by atoms with van der Waals surface area (Å²) < 4.78 is 26.0. The van der Waals surface area contributed by atoms with E-state index in [1.165, 1.54) is 5.56 Å². The zero-order valence-corrected chi connectivity index (χ0v) is 14.0. The molecular formula is C15H17BrN2O2S. The Kier molecular flexibility index (Phi) is 5.39. The van der Waals surface area contributed by atoms with Crippen LogP contribution in [0, 0.1) is 0 Å². The van der Waals surface area contributed by atoms with Crippen LogP contribution in [0.2, 0.25) is 0 Å². The topological polar surface area (TPSA) is 58.2 Å². The molecule has 2 N–H and O–H groups in total. The van der Waals surface area contributed by atoms with Crippen molar-refractivity contribution in [2.45, 2.75) is 13.1 Å². The highest BCUT2D eigenvalue weighted by molar-refractivity contribution is 9.10. The quantitative estimate of drug-likeness (QED) is 0.823. The Balaban J connectivity index is 1.91. The highest BCUT2D eigenvalue weighted by Crippen LogP contribution is 2.13. The van der Waals surface area contributed by atoms with Gasteiger partial charge >= 0.3 is 0 Å². The smallest absolute Gasteiger partial charge is 0.229 e.